The van der Waals surface area contributed by atoms with Crippen LogP contribution >= 0.6 is 22.6 Å². The molecular weight excluding hydrogens is 217 g/mol. The number of hydrogen-bond donors (Lipinski definition) is 1. The second kappa shape index (κ2) is 3.63. The zero-order valence-corrected chi connectivity index (χ0v) is 6.85. The molecule has 1 aliphatic heterocycles. The zero-order chi connectivity index (χ0) is 5.82. The van der Waals surface area contributed by atoms with E-state index in [0.29, 0.717) is 6.10 Å². The molecule has 1 heterocycles. The number of ether oxygens (including phenoxy) is 1. The number of hydrogen-bond acceptors (Lipinski definition) is 2. The highest BCUT2D eigenvalue weighted by Crippen LogP contribution is 2.03. The van der Waals surface area contributed by atoms with E-state index in [2.05, 4.69) is 27.9 Å². The average Bonchev–Trinajstić information content (AvgIpc) is 2.19. The van der Waals surface area contributed by atoms with Gasteiger partial charge in [-0.2, -0.15) is 0 Å². The first-order chi connectivity index (χ1) is 3.93. The molecule has 3 heteroatoms. The molecule has 1 saturated heterocycles. The lowest BCUT2D eigenvalue weighted by Gasteiger charge is -2.04. The largest absolute Gasteiger partial charge is 0.367 e. The minimum absolute atomic E-state index is 0.492. The fourth-order valence-electron chi connectivity index (χ4n) is 0.860. The molecule has 0 amide bonds. The van der Waals surface area contributed by atoms with Crippen LogP contribution in [0.1, 0.15) is 6.42 Å². The van der Waals surface area contributed by atoms with Gasteiger partial charge in [-0.1, -0.05) is 22.6 Å². The molecule has 0 radical (unpaired) electrons. The molecule has 0 aromatic carbocycles. The van der Waals surface area contributed by atoms with Crippen LogP contribution in [0.4, 0.5) is 0 Å². The minimum atomic E-state index is 0.492. The summed E-state index contributed by atoms with van der Waals surface area (Å²) in [6.45, 7) is 2.17. The van der Waals surface area contributed by atoms with Gasteiger partial charge in [0.2, 0.25) is 0 Å². The summed E-state index contributed by atoms with van der Waals surface area (Å²) >= 11 is 2.23. The van der Waals surface area contributed by atoms with Gasteiger partial charge in [0.15, 0.2) is 0 Å². The quantitative estimate of drug-likeness (QED) is 0.555. The standard InChI is InChI=1S/C5H10INO/c6-4-8-5-1-2-7-3-5/h5,7H,1-4H2. The highest BCUT2D eigenvalue weighted by atomic mass is 127. The molecule has 0 spiro atoms. The van der Waals surface area contributed by atoms with Gasteiger partial charge in [-0.3, -0.25) is 0 Å². The Hall–Kier alpha value is 0.650. The van der Waals surface area contributed by atoms with E-state index in [1.54, 1.807) is 0 Å². The predicted molar refractivity (Wildman–Crippen MR) is 41.2 cm³/mol. The maximum absolute atomic E-state index is 5.33. The van der Waals surface area contributed by atoms with Crippen molar-refractivity contribution in [3.05, 3.63) is 0 Å². The number of rotatable bonds is 2. The molecule has 0 aliphatic carbocycles. The molecule has 1 unspecified atom stereocenters. The molecule has 1 aliphatic rings. The van der Waals surface area contributed by atoms with E-state index in [1.165, 1.54) is 6.42 Å². The molecule has 1 fully saturated rings. The van der Waals surface area contributed by atoms with Crippen molar-refractivity contribution in [2.45, 2.75) is 12.5 Å². The summed E-state index contributed by atoms with van der Waals surface area (Å²) < 4.78 is 6.15. The van der Waals surface area contributed by atoms with Crippen molar-refractivity contribution in [3.63, 3.8) is 0 Å². The van der Waals surface area contributed by atoms with E-state index in [1.807, 2.05) is 0 Å². The first kappa shape index (κ1) is 6.77. The summed E-state index contributed by atoms with van der Waals surface area (Å²) in [5, 5.41) is 3.23. The zero-order valence-electron chi connectivity index (χ0n) is 4.69. The summed E-state index contributed by atoms with van der Waals surface area (Å²) in [4.78, 5) is 0. The molecule has 0 aromatic rings. The summed E-state index contributed by atoms with van der Waals surface area (Å²) in [5.41, 5.74) is 0. The molecule has 1 rings (SSSR count). The van der Waals surface area contributed by atoms with Crippen molar-refractivity contribution in [1.82, 2.24) is 5.32 Å². The Morgan fingerprint density at radius 1 is 1.75 bits per heavy atom. The van der Waals surface area contributed by atoms with Crippen LogP contribution in [0, 0.1) is 0 Å². The lowest BCUT2D eigenvalue weighted by atomic mass is 10.3. The van der Waals surface area contributed by atoms with E-state index in [0.717, 1.165) is 17.7 Å². The smallest absolute Gasteiger partial charge is 0.0983 e. The van der Waals surface area contributed by atoms with Crippen molar-refractivity contribution < 1.29 is 4.74 Å². The number of alkyl halides is 1. The molecule has 2 nitrogen and oxygen atoms in total. The van der Waals surface area contributed by atoms with Crippen LogP contribution in [0.15, 0.2) is 0 Å². The third-order valence-corrected chi connectivity index (χ3v) is 1.67. The van der Waals surface area contributed by atoms with Crippen LogP contribution in [-0.4, -0.2) is 23.8 Å². The Labute approximate surface area is 63.1 Å². The van der Waals surface area contributed by atoms with Crippen molar-refractivity contribution in [2.24, 2.45) is 0 Å². The molecule has 0 bridgehead atoms. The van der Waals surface area contributed by atoms with Gasteiger partial charge in [0.05, 0.1) is 10.7 Å². The summed E-state index contributed by atoms with van der Waals surface area (Å²) in [5.74, 6) is 0. The molecular formula is C5H10INO. The molecule has 48 valence electrons. The Morgan fingerprint density at radius 2 is 2.62 bits per heavy atom. The minimum Gasteiger partial charge on any atom is -0.367 e. The Morgan fingerprint density at radius 3 is 3.12 bits per heavy atom. The third kappa shape index (κ3) is 1.87. The monoisotopic (exact) mass is 227 g/mol. The molecule has 1 atom stereocenters. The Balaban J connectivity index is 2.06. The second-order valence-electron chi connectivity index (χ2n) is 1.89. The number of halogens is 1. The van der Waals surface area contributed by atoms with Crippen LogP contribution in [0.3, 0.4) is 0 Å². The maximum Gasteiger partial charge on any atom is 0.0983 e. The van der Waals surface area contributed by atoms with Gasteiger partial charge in [-0.25, -0.2) is 0 Å². The summed E-state index contributed by atoms with van der Waals surface area (Å²) in [6, 6.07) is 0. The average molecular weight is 227 g/mol. The van der Waals surface area contributed by atoms with Gasteiger partial charge >= 0.3 is 0 Å². The van der Waals surface area contributed by atoms with Crippen LogP contribution in [0.5, 0.6) is 0 Å². The van der Waals surface area contributed by atoms with E-state index in [-0.39, 0.29) is 0 Å². The molecule has 0 saturated carbocycles. The van der Waals surface area contributed by atoms with E-state index in [4.69, 9.17) is 4.74 Å². The van der Waals surface area contributed by atoms with Crippen LogP contribution in [0.2, 0.25) is 0 Å². The van der Waals surface area contributed by atoms with Gasteiger partial charge in [-0.05, 0) is 13.0 Å². The normalized spacial score (nSPS) is 28.9. The van der Waals surface area contributed by atoms with Crippen LogP contribution < -0.4 is 5.32 Å². The Kier molecular flexibility index (Phi) is 3.07. The Bertz CT molecular complexity index is 63.4. The SMILES string of the molecule is ICOC1CCNC1. The predicted octanol–water partition coefficient (Wildman–Crippen LogP) is 0.757. The summed E-state index contributed by atoms with van der Waals surface area (Å²) in [6.07, 6.45) is 1.68. The van der Waals surface area contributed by atoms with Crippen molar-refractivity contribution in [2.75, 3.05) is 17.7 Å². The van der Waals surface area contributed by atoms with Crippen molar-refractivity contribution in [3.8, 4) is 0 Å². The summed E-state index contributed by atoms with van der Waals surface area (Å²) in [7, 11) is 0. The second-order valence-corrected chi connectivity index (χ2v) is 2.51. The van der Waals surface area contributed by atoms with Crippen molar-refractivity contribution >= 4 is 22.6 Å². The van der Waals surface area contributed by atoms with Gasteiger partial charge in [0, 0.05) is 6.54 Å². The van der Waals surface area contributed by atoms with Crippen molar-refractivity contribution in [1.29, 1.82) is 0 Å². The number of nitrogens with one attached hydrogen (secondary N) is 1. The fraction of sp³-hybridized carbons (Fsp3) is 1.00. The first-order valence-corrected chi connectivity index (χ1v) is 4.34. The van der Waals surface area contributed by atoms with Crippen LogP contribution in [0.25, 0.3) is 0 Å². The highest BCUT2D eigenvalue weighted by Gasteiger charge is 2.12. The van der Waals surface area contributed by atoms with E-state index in [9.17, 15) is 0 Å². The van der Waals surface area contributed by atoms with Gasteiger partial charge in [-0.15, -0.1) is 0 Å². The van der Waals surface area contributed by atoms with Crippen LogP contribution in [-0.2, 0) is 4.74 Å². The topological polar surface area (TPSA) is 21.3 Å². The first-order valence-electron chi connectivity index (χ1n) is 2.82. The lowest BCUT2D eigenvalue weighted by Crippen LogP contribution is -2.15. The lowest BCUT2D eigenvalue weighted by molar-refractivity contribution is 0.113. The maximum atomic E-state index is 5.33. The van der Waals surface area contributed by atoms with Gasteiger partial charge in [0.1, 0.15) is 0 Å². The highest BCUT2D eigenvalue weighted by molar-refractivity contribution is 14.1. The third-order valence-electron chi connectivity index (χ3n) is 1.31. The van der Waals surface area contributed by atoms with Gasteiger partial charge < -0.3 is 10.1 Å². The fourth-order valence-corrected chi connectivity index (χ4v) is 1.37. The van der Waals surface area contributed by atoms with E-state index < -0.39 is 0 Å². The molecule has 1 N–H and O–H groups in total. The van der Waals surface area contributed by atoms with Gasteiger partial charge in [0.25, 0.3) is 0 Å². The molecule has 8 heavy (non-hydrogen) atoms. The molecule has 0 aromatic heterocycles. The van der Waals surface area contributed by atoms with E-state index >= 15 is 0 Å².